The maximum atomic E-state index is 10.4. The Morgan fingerprint density at radius 1 is 1.17 bits per heavy atom. The van der Waals surface area contributed by atoms with Gasteiger partial charge in [-0.3, -0.25) is 0 Å². The molecule has 1 heterocycles. The standard InChI is InChI=1S/C15H22O3/c1-13(2)17-9-6-7-10-14(3)11(16)5-4-8-15(10,14)12(9)18-13/h6-7,9-12,16H,4-5,8H2,1-3H3/t9-,10+,11?,12-,14?,15-/m0/s1. The zero-order chi connectivity index (χ0) is 12.8. The molecule has 3 aliphatic carbocycles. The van der Waals surface area contributed by atoms with Crippen LogP contribution in [-0.4, -0.2) is 29.2 Å². The number of allylic oxidation sites excluding steroid dienone is 1. The van der Waals surface area contributed by atoms with Crippen LogP contribution in [0, 0.1) is 16.7 Å². The second-order valence-electron chi connectivity index (χ2n) is 7.11. The fourth-order valence-corrected chi connectivity index (χ4v) is 5.16. The van der Waals surface area contributed by atoms with Gasteiger partial charge in [-0.25, -0.2) is 0 Å². The van der Waals surface area contributed by atoms with Crippen LogP contribution in [-0.2, 0) is 9.47 Å². The Bertz CT molecular complexity index is 429. The van der Waals surface area contributed by atoms with Gasteiger partial charge in [0.15, 0.2) is 5.79 Å². The van der Waals surface area contributed by atoms with E-state index in [1.165, 1.54) is 0 Å². The summed E-state index contributed by atoms with van der Waals surface area (Å²) in [5.41, 5.74) is 0.128. The molecule has 0 amide bonds. The van der Waals surface area contributed by atoms with Gasteiger partial charge in [-0.05, 0) is 32.6 Å². The van der Waals surface area contributed by atoms with Crippen molar-refractivity contribution < 1.29 is 14.6 Å². The summed E-state index contributed by atoms with van der Waals surface area (Å²) in [6, 6.07) is 0. The molecule has 2 saturated carbocycles. The van der Waals surface area contributed by atoms with Gasteiger partial charge in [-0.15, -0.1) is 0 Å². The maximum Gasteiger partial charge on any atom is 0.164 e. The predicted octanol–water partition coefficient (Wildman–Crippen LogP) is 2.24. The summed E-state index contributed by atoms with van der Waals surface area (Å²) < 4.78 is 12.2. The van der Waals surface area contributed by atoms with Crippen molar-refractivity contribution >= 4 is 0 Å². The number of hydrogen-bond donors (Lipinski definition) is 1. The third-order valence-electron chi connectivity index (χ3n) is 6.01. The second-order valence-corrected chi connectivity index (χ2v) is 7.11. The van der Waals surface area contributed by atoms with E-state index in [1.807, 2.05) is 13.8 Å². The Labute approximate surface area is 108 Å². The number of fused-ring (bicyclic) bond motifs is 2. The smallest absolute Gasteiger partial charge is 0.164 e. The monoisotopic (exact) mass is 250 g/mol. The fraction of sp³-hybridized carbons (Fsp3) is 0.867. The highest BCUT2D eigenvalue weighted by Crippen LogP contribution is 2.80. The first kappa shape index (κ1) is 11.4. The van der Waals surface area contributed by atoms with E-state index in [-0.39, 0.29) is 29.1 Å². The van der Waals surface area contributed by atoms with Gasteiger partial charge in [0.05, 0.1) is 12.2 Å². The molecule has 18 heavy (non-hydrogen) atoms. The fourth-order valence-electron chi connectivity index (χ4n) is 5.16. The van der Waals surface area contributed by atoms with Crippen LogP contribution in [0.25, 0.3) is 0 Å². The van der Waals surface area contributed by atoms with E-state index < -0.39 is 5.79 Å². The summed E-state index contributed by atoms with van der Waals surface area (Å²) in [6.45, 7) is 6.22. The summed E-state index contributed by atoms with van der Waals surface area (Å²) in [5, 5.41) is 10.4. The average molecular weight is 250 g/mol. The Kier molecular flexibility index (Phi) is 1.92. The SMILES string of the molecule is CC1(C)O[C@H]2C=C[C@@H]3C4(C)C(O)CCC[C@@]34[C@H]2O1. The van der Waals surface area contributed by atoms with Crippen molar-refractivity contribution in [2.75, 3.05) is 0 Å². The Morgan fingerprint density at radius 3 is 2.72 bits per heavy atom. The van der Waals surface area contributed by atoms with Gasteiger partial charge in [0.2, 0.25) is 0 Å². The molecule has 1 saturated heterocycles. The first-order chi connectivity index (χ1) is 8.42. The van der Waals surface area contributed by atoms with Crippen LogP contribution in [0.3, 0.4) is 0 Å². The molecule has 0 bridgehead atoms. The molecule has 2 unspecified atom stereocenters. The lowest BCUT2D eigenvalue weighted by Gasteiger charge is -2.36. The minimum absolute atomic E-state index is 0.00491. The third kappa shape index (κ3) is 1.04. The Balaban J connectivity index is 1.77. The minimum atomic E-state index is -0.491. The van der Waals surface area contributed by atoms with Crippen LogP contribution in [0.4, 0.5) is 0 Å². The molecule has 4 rings (SSSR count). The van der Waals surface area contributed by atoms with E-state index in [0.717, 1.165) is 19.3 Å². The molecule has 3 nitrogen and oxygen atoms in total. The first-order valence-electron chi connectivity index (χ1n) is 7.14. The van der Waals surface area contributed by atoms with Crippen LogP contribution in [0.15, 0.2) is 12.2 Å². The highest BCUT2D eigenvalue weighted by atomic mass is 16.8. The van der Waals surface area contributed by atoms with Crippen LogP contribution < -0.4 is 0 Å². The molecule has 0 radical (unpaired) electrons. The summed E-state index contributed by atoms with van der Waals surface area (Å²) in [4.78, 5) is 0. The zero-order valence-corrected chi connectivity index (χ0v) is 11.3. The maximum absolute atomic E-state index is 10.4. The number of aliphatic hydroxyl groups is 1. The van der Waals surface area contributed by atoms with Gasteiger partial charge in [0, 0.05) is 10.8 Å². The largest absolute Gasteiger partial charge is 0.393 e. The van der Waals surface area contributed by atoms with E-state index in [0.29, 0.717) is 5.92 Å². The molecule has 0 aromatic rings. The number of aliphatic hydroxyl groups excluding tert-OH is 1. The molecule has 0 aromatic carbocycles. The molecule has 100 valence electrons. The van der Waals surface area contributed by atoms with Gasteiger partial charge >= 0.3 is 0 Å². The summed E-state index contributed by atoms with van der Waals surface area (Å²) in [7, 11) is 0. The van der Waals surface area contributed by atoms with Crippen LogP contribution >= 0.6 is 0 Å². The van der Waals surface area contributed by atoms with Crippen molar-refractivity contribution in [2.24, 2.45) is 16.7 Å². The predicted molar refractivity (Wildman–Crippen MR) is 66.9 cm³/mol. The van der Waals surface area contributed by atoms with Crippen LogP contribution in [0.5, 0.6) is 0 Å². The van der Waals surface area contributed by atoms with E-state index >= 15 is 0 Å². The Morgan fingerprint density at radius 2 is 1.94 bits per heavy atom. The van der Waals surface area contributed by atoms with E-state index in [1.54, 1.807) is 0 Å². The van der Waals surface area contributed by atoms with Gasteiger partial charge in [-0.1, -0.05) is 25.5 Å². The van der Waals surface area contributed by atoms with Crippen molar-refractivity contribution in [3.63, 3.8) is 0 Å². The second kappa shape index (κ2) is 3.02. The highest BCUT2D eigenvalue weighted by molar-refractivity contribution is 5.36. The lowest BCUT2D eigenvalue weighted by molar-refractivity contribution is -0.155. The van der Waals surface area contributed by atoms with Crippen LogP contribution in [0.2, 0.25) is 0 Å². The van der Waals surface area contributed by atoms with E-state index in [2.05, 4.69) is 19.1 Å². The molecule has 0 aromatic heterocycles. The Hall–Kier alpha value is -0.380. The molecular weight excluding hydrogens is 228 g/mol. The van der Waals surface area contributed by atoms with Crippen LogP contribution in [0.1, 0.15) is 40.0 Å². The van der Waals surface area contributed by atoms with Gasteiger partial charge in [0.25, 0.3) is 0 Å². The lowest BCUT2D eigenvalue weighted by Crippen LogP contribution is -2.42. The average Bonchev–Trinajstić information content (AvgIpc) is 2.70. The van der Waals surface area contributed by atoms with Crippen molar-refractivity contribution in [1.82, 2.24) is 0 Å². The first-order valence-corrected chi connectivity index (χ1v) is 7.14. The topological polar surface area (TPSA) is 38.7 Å². The minimum Gasteiger partial charge on any atom is -0.393 e. The molecule has 1 N–H and O–H groups in total. The van der Waals surface area contributed by atoms with Crippen molar-refractivity contribution in [1.29, 1.82) is 0 Å². The van der Waals surface area contributed by atoms with Gasteiger partial charge in [0.1, 0.15) is 6.10 Å². The van der Waals surface area contributed by atoms with E-state index in [4.69, 9.17) is 9.47 Å². The summed E-state index contributed by atoms with van der Waals surface area (Å²) in [6.07, 6.45) is 7.65. The molecule has 4 aliphatic rings. The van der Waals surface area contributed by atoms with Crippen molar-refractivity contribution in [3.8, 4) is 0 Å². The zero-order valence-electron chi connectivity index (χ0n) is 11.3. The van der Waals surface area contributed by atoms with Crippen molar-refractivity contribution in [2.45, 2.75) is 64.1 Å². The number of ether oxygens (including phenoxy) is 2. The third-order valence-corrected chi connectivity index (χ3v) is 6.01. The van der Waals surface area contributed by atoms with Gasteiger partial charge < -0.3 is 14.6 Å². The molecule has 1 aliphatic heterocycles. The summed E-state index contributed by atoms with van der Waals surface area (Å²) >= 11 is 0. The molecule has 1 spiro atoms. The molecule has 3 heteroatoms. The number of rotatable bonds is 0. The lowest BCUT2D eigenvalue weighted by atomic mass is 9.74. The van der Waals surface area contributed by atoms with Gasteiger partial charge in [-0.2, -0.15) is 0 Å². The quantitative estimate of drug-likeness (QED) is 0.670. The summed E-state index contributed by atoms with van der Waals surface area (Å²) in [5.74, 6) is -0.0175. The van der Waals surface area contributed by atoms with Crippen molar-refractivity contribution in [3.05, 3.63) is 12.2 Å². The van der Waals surface area contributed by atoms with E-state index in [9.17, 15) is 5.11 Å². The molecule has 3 fully saturated rings. The molecular formula is C15H22O3. The normalized spacial score (nSPS) is 59.8. The number of hydrogen-bond acceptors (Lipinski definition) is 3. The molecule has 6 atom stereocenters. The highest BCUT2D eigenvalue weighted by Gasteiger charge is 2.82.